The van der Waals surface area contributed by atoms with E-state index in [-0.39, 0.29) is 23.7 Å². The molecule has 27 heavy (non-hydrogen) atoms. The van der Waals surface area contributed by atoms with Gasteiger partial charge in [0.15, 0.2) is 11.5 Å². The van der Waals surface area contributed by atoms with Crippen molar-refractivity contribution in [2.24, 2.45) is 11.3 Å². The van der Waals surface area contributed by atoms with Crippen LogP contribution >= 0.6 is 12.4 Å². The molecule has 2 fully saturated rings. The van der Waals surface area contributed by atoms with Gasteiger partial charge in [-0.15, -0.1) is 12.4 Å². The number of methoxy groups -OCH3 is 3. The first-order valence-corrected chi connectivity index (χ1v) is 9.43. The highest BCUT2D eigenvalue weighted by Crippen LogP contribution is 2.44. The summed E-state index contributed by atoms with van der Waals surface area (Å²) >= 11 is 0. The second-order valence-corrected chi connectivity index (χ2v) is 7.23. The third-order valence-electron chi connectivity index (χ3n) is 5.96. The molecule has 0 bridgehead atoms. The van der Waals surface area contributed by atoms with E-state index in [9.17, 15) is 4.79 Å². The van der Waals surface area contributed by atoms with Crippen LogP contribution in [0.15, 0.2) is 12.1 Å². The topological polar surface area (TPSA) is 68.8 Å². The minimum absolute atomic E-state index is 0. The number of fused-ring (bicyclic) bond motifs is 1. The molecule has 0 aromatic heterocycles. The van der Waals surface area contributed by atoms with E-state index < -0.39 is 0 Å². The fraction of sp³-hybridized carbons (Fsp3) is 0.650. The third kappa shape index (κ3) is 4.11. The molecule has 0 radical (unpaired) electrons. The van der Waals surface area contributed by atoms with Crippen molar-refractivity contribution in [3.8, 4) is 17.2 Å². The molecule has 1 aliphatic heterocycles. The summed E-state index contributed by atoms with van der Waals surface area (Å²) in [5, 5.41) is 6.60. The molecule has 7 heteroatoms. The summed E-state index contributed by atoms with van der Waals surface area (Å²) in [5.41, 5.74) is 0.785. The van der Waals surface area contributed by atoms with Gasteiger partial charge in [0.1, 0.15) is 0 Å². The summed E-state index contributed by atoms with van der Waals surface area (Å²) in [7, 11) is 4.82. The lowest BCUT2D eigenvalue weighted by Gasteiger charge is -2.37. The average Bonchev–Trinajstić information content (AvgIpc) is 3.12. The number of ether oxygens (including phenoxy) is 3. The maximum absolute atomic E-state index is 12.9. The zero-order valence-corrected chi connectivity index (χ0v) is 17.2. The highest BCUT2D eigenvalue weighted by Gasteiger charge is 2.49. The molecule has 2 atom stereocenters. The molecule has 6 nitrogen and oxygen atoms in total. The number of carbonyl (C=O) groups is 1. The first-order chi connectivity index (χ1) is 12.7. The maximum Gasteiger partial charge on any atom is 0.227 e. The van der Waals surface area contributed by atoms with Crippen LogP contribution < -0.4 is 24.8 Å². The van der Waals surface area contributed by atoms with Gasteiger partial charge in [-0.25, -0.2) is 0 Å². The standard InChI is InChI=1S/C20H30N2O4.ClH/c1-24-16-8-7-14(17(25-2)18(16)26-3)9-11-22-19(23)20-10-5-4-6-15(20)12-21-13-20;/h7-8,15,21H,4-6,9-13H2,1-3H3,(H,22,23);1H/t15-,20+;/m0./s1. The lowest BCUT2D eigenvalue weighted by atomic mass is 9.67. The smallest absolute Gasteiger partial charge is 0.227 e. The van der Waals surface area contributed by atoms with Gasteiger partial charge in [-0.3, -0.25) is 4.79 Å². The molecule has 1 saturated heterocycles. The van der Waals surface area contributed by atoms with Crippen molar-refractivity contribution < 1.29 is 19.0 Å². The predicted octanol–water partition coefficient (Wildman–Crippen LogP) is 2.57. The molecular weight excluding hydrogens is 368 g/mol. The van der Waals surface area contributed by atoms with E-state index in [1.54, 1.807) is 21.3 Å². The number of carbonyl (C=O) groups excluding carboxylic acids is 1. The molecular formula is C20H31ClN2O4. The Balaban J connectivity index is 0.00000261. The zero-order valence-electron chi connectivity index (χ0n) is 16.4. The fourth-order valence-electron chi connectivity index (χ4n) is 4.54. The minimum Gasteiger partial charge on any atom is -0.493 e. The Morgan fingerprint density at radius 3 is 2.67 bits per heavy atom. The van der Waals surface area contributed by atoms with Crippen molar-refractivity contribution in [2.75, 3.05) is 41.0 Å². The van der Waals surface area contributed by atoms with E-state index in [4.69, 9.17) is 14.2 Å². The molecule has 1 heterocycles. The molecule has 2 aliphatic rings. The lowest BCUT2D eigenvalue weighted by molar-refractivity contribution is -0.133. The van der Waals surface area contributed by atoms with Gasteiger partial charge >= 0.3 is 0 Å². The molecule has 1 saturated carbocycles. The van der Waals surface area contributed by atoms with Crippen molar-refractivity contribution in [3.05, 3.63) is 17.7 Å². The summed E-state index contributed by atoms with van der Waals surface area (Å²) in [5.74, 6) is 2.57. The van der Waals surface area contributed by atoms with Crippen LogP contribution in [0.5, 0.6) is 17.2 Å². The molecule has 1 aromatic rings. The predicted molar refractivity (Wildman–Crippen MR) is 107 cm³/mol. The normalized spacial score (nSPS) is 23.7. The molecule has 0 unspecified atom stereocenters. The van der Waals surface area contributed by atoms with E-state index >= 15 is 0 Å². The Labute approximate surface area is 167 Å². The largest absolute Gasteiger partial charge is 0.493 e. The van der Waals surface area contributed by atoms with Crippen LogP contribution in [-0.2, 0) is 11.2 Å². The second-order valence-electron chi connectivity index (χ2n) is 7.23. The third-order valence-corrected chi connectivity index (χ3v) is 5.96. The van der Waals surface area contributed by atoms with Crippen molar-refractivity contribution in [1.82, 2.24) is 10.6 Å². The number of benzene rings is 1. The van der Waals surface area contributed by atoms with Crippen LogP contribution in [0, 0.1) is 11.3 Å². The summed E-state index contributed by atoms with van der Waals surface area (Å²) in [6.45, 7) is 2.36. The van der Waals surface area contributed by atoms with Crippen molar-refractivity contribution in [2.45, 2.75) is 32.1 Å². The van der Waals surface area contributed by atoms with Gasteiger partial charge in [0.05, 0.1) is 26.7 Å². The number of halogens is 1. The number of rotatable bonds is 7. The molecule has 1 aliphatic carbocycles. The van der Waals surface area contributed by atoms with E-state index in [1.807, 2.05) is 12.1 Å². The molecule has 1 aromatic carbocycles. The van der Waals surface area contributed by atoms with E-state index in [2.05, 4.69) is 10.6 Å². The highest BCUT2D eigenvalue weighted by molar-refractivity contribution is 5.85. The van der Waals surface area contributed by atoms with Gasteiger partial charge < -0.3 is 24.8 Å². The molecule has 1 amide bonds. The summed E-state index contributed by atoms with van der Waals surface area (Å²) in [6.07, 6.45) is 5.23. The van der Waals surface area contributed by atoms with Crippen LogP contribution in [0.1, 0.15) is 31.2 Å². The zero-order chi connectivity index (χ0) is 18.6. The Kier molecular flexibility index (Phi) is 7.62. The Morgan fingerprint density at radius 1 is 1.19 bits per heavy atom. The fourth-order valence-corrected chi connectivity index (χ4v) is 4.54. The maximum atomic E-state index is 12.9. The Bertz CT molecular complexity index is 655. The summed E-state index contributed by atoms with van der Waals surface area (Å²) < 4.78 is 16.3. The summed E-state index contributed by atoms with van der Waals surface area (Å²) in [6, 6.07) is 3.83. The van der Waals surface area contributed by atoms with E-state index in [1.165, 1.54) is 6.42 Å². The molecule has 152 valence electrons. The quantitative estimate of drug-likeness (QED) is 0.738. The second kappa shape index (κ2) is 9.51. The van der Waals surface area contributed by atoms with E-state index in [0.717, 1.165) is 37.9 Å². The monoisotopic (exact) mass is 398 g/mol. The van der Waals surface area contributed by atoms with Crippen LogP contribution in [0.2, 0.25) is 0 Å². The molecule has 3 rings (SSSR count). The van der Waals surface area contributed by atoms with Crippen molar-refractivity contribution >= 4 is 18.3 Å². The first-order valence-electron chi connectivity index (χ1n) is 9.43. The van der Waals surface area contributed by atoms with Crippen molar-refractivity contribution in [3.63, 3.8) is 0 Å². The van der Waals surface area contributed by atoms with Gasteiger partial charge in [0, 0.05) is 18.7 Å². The van der Waals surface area contributed by atoms with Crippen LogP contribution in [0.3, 0.4) is 0 Å². The van der Waals surface area contributed by atoms with Crippen LogP contribution in [-0.4, -0.2) is 46.9 Å². The van der Waals surface area contributed by atoms with Gasteiger partial charge in [-0.05, 0) is 37.8 Å². The van der Waals surface area contributed by atoms with Gasteiger partial charge in [0.2, 0.25) is 11.7 Å². The SMILES string of the molecule is COc1ccc(CCNC(=O)[C@@]23CCCC[C@H]2CNC3)c(OC)c1OC.Cl. The summed E-state index contributed by atoms with van der Waals surface area (Å²) in [4.78, 5) is 12.9. The van der Waals surface area contributed by atoms with Gasteiger partial charge in [-0.2, -0.15) is 0 Å². The van der Waals surface area contributed by atoms with Crippen molar-refractivity contribution in [1.29, 1.82) is 0 Å². The Hall–Kier alpha value is -1.66. The first kappa shape index (κ1) is 21.6. The lowest BCUT2D eigenvalue weighted by Crippen LogP contribution is -2.48. The Morgan fingerprint density at radius 2 is 1.96 bits per heavy atom. The van der Waals surface area contributed by atoms with Gasteiger partial charge in [-0.1, -0.05) is 18.9 Å². The van der Waals surface area contributed by atoms with Gasteiger partial charge in [0.25, 0.3) is 0 Å². The van der Waals surface area contributed by atoms with E-state index in [0.29, 0.717) is 36.1 Å². The minimum atomic E-state index is -0.208. The molecule has 2 N–H and O–H groups in total. The number of hydrogen-bond donors (Lipinski definition) is 2. The number of hydrogen-bond acceptors (Lipinski definition) is 5. The number of nitrogens with one attached hydrogen (secondary N) is 2. The number of amides is 1. The average molecular weight is 399 g/mol. The van der Waals surface area contributed by atoms with Crippen LogP contribution in [0.25, 0.3) is 0 Å². The highest BCUT2D eigenvalue weighted by atomic mass is 35.5. The van der Waals surface area contributed by atoms with Crippen LogP contribution in [0.4, 0.5) is 0 Å². The molecule has 0 spiro atoms.